The van der Waals surface area contributed by atoms with E-state index < -0.39 is 0 Å². The predicted molar refractivity (Wildman–Crippen MR) is 113 cm³/mol. The Kier molecular flexibility index (Phi) is 7.08. The highest BCUT2D eigenvalue weighted by Gasteiger charge is 2.22. The second-order valence-corrected chi connectivity index (χ2v) is 8.91. The Balaban J connectivity index is 1.50. The van der Waals surface area contributed by atoms with Crippen LogP contribution < -0.4 is 0 Å². The van der Waals surface area contributed by atoms with Gasteiger partial charge < -0.3 is 4.90 Å². The number of rotatable bonds is 7. The van der Waals surface area contributed by atoms with Crippen LogP contribution in [0.25, 0.3) is 0 Å². The van der Waals surface area contributed by atoms with Gasteiger partial charge in [-0.15, -0.1) is 23.1 Å². The van der Waals surface area contributed by atoms with Crippen LogP contribution in [0.3, 0.4) is 0 Å². The molecule has 0 unspecified atom stereocenters. The SMILES string of the molecule is CSc1sc(C#N)c(C)c1C(=O)CCN1CCN(Cc2ccccc2)CC1. The Labute approximate surface area is 169 Å². The predicted octanol–water partition coefficient (Wildman–Crippen LogP) is 4.04. The third-order valence-electron chi connectivity index (χ3n) is 5.05. The lowest BCUT2D eigenvalue weighted by Gasteiger charge is -2.34. The minimum absolute atomic E-state index is 0.168. The van der Waals surface area contributed by atoms with Gasteiger partial charge in [-0.05, 0) is 24.3 Å². The number of nitrogens with zero attached hydrogens (tertiary/aromatic N) is 3. The molecule has 0 aliphatic carbocycles. The first-order chi connectivity index (χ1) is 13.1. The number of ketones is 1. The Morgan fingerprint density at radius 1 is 1.19 bits per heavy atom. The zero-order valence-electron chi connectivity index (χ0n) is 15.9. The summed E-state index contributed by atoms with van der Waals surface area (Å²) >= 11 is 3.00. The van der Waals surface area contributed by atoms with Crippen LogP contribution in [0.1, 0.15) is 32.8 Å². The third-order valence-corrected chi connectivity index (χ3v) is 7.37. The van der Waals surface area contributed by atoms with E-state index in [1.165, 1.54) is 16.9 Å². The zero-order valence-corrected chi connectivity index (χ0v) is 17.5. The number of nitriles is 1. The number of thiophene rings is 1. The highest BCUT2D eigenvalue weighted by atomic mass is 32.2. The molecule has 27 heavy (non-hydrogen) atoms. The van der Waals surface area contributed by atoms with Crippen LogP contribution in [0, 0.1) is 18.3 Å². The van der Waals surface area contributed by atoms with Gasteiger partial charge in [0.2, 0.25) is 0 Å². The van der Waals surface area contributed by atoms with Gasteiger partial charge in [-0.3, -0.25) is 9.69 Å². The van der Waals surface area contributed by atoms with Crippen molar-refractivity contribution in [3.8, 4) is 6.07 Å². The van der Waals surface area contributed by atoms with Crippen molar-refractivity contribution >= 4 is 28.9 Å². The maximum atomic E-state index is 12.8. The summed E-state index contributed by atoms with van der Waals surface area (Å²) < 4.78 is 0.974. The van der Waals surface area contributed by atoms with Crippen LogP contribution in [0.2, 0.25) is 0 Å². The number of benzene rings is 1. The van der Waals surface area contributed by atoms with Gasteiger partial charge in [0.1, 0.15) is 10.9 Å². The van der Waals surface area contributed by atoms with Crippen LogP contribution in [0.5, 0.6) is 0 Å². The quantitative estimate of drug-likeness (QED) is 0.519. The average Bonchev–Trinajstić information content (AvgIpc) is 3.03. The lowest BCUT2D eigenvalue weighted by Crippen LogP contribution is -2.46. The van der Waals surface area contributed by atoms with E-state index in [0.29, 0.717) is 11.3 Å². The van der Waals surface area contributed by atoms with Crippen molar-refractivity contribution in [2.45, 2.75) is 24.1 Å². The molecular weight excluding hydrogens is 374 g/mol. The van der Waals surface area contributed by atoms with Crippen molar-refractivity contribution in [3.63, 3.8) is 0 Å². The lowest BCUT2D eigenvalue weighted by atomic mass is 10.1. The van der Waals surface area contributed by atoms with Gasteiger partial charge in [-0.2, -0.15) is 5.26 Å². The van der Waals surface area contributed by atoms with Gasteiger partial charge >= 0.3 is 0 Å². The zero-order chi connectivity index (χ0) is 19.2. The maximum Gasteiger partial charge on any atom is 0.166 e. The fourth-order valence-corrected chi connectivity index (χ4v) is 5.37. The Hall–Kier alpha value is -1.65. The average molecular weight is 400 g/mol. The smallest absolute Gasteiger partial charge is 0.166 e. The summed E-state index contributed by atoms with van der Waals surface area (Å²) in [4.78, 5) is 18.3. The number of Topliss-reactive ketones (excluding diaryl/α,β-unsaturated/α-hetero) is 1. The van der Waals surface area contributed by atoms with E-state index in [1.807, 2.05) is 13.2 Å². The van der Waals surface area contributed by atoms with Crippen molar-refractivity contribution in [1.29, 1.82) is 5.26 Å². The van der Waals surface area contributed by atoms with Gasteiger partial charge in [0.15, 0.2) is 5.78 Å². The van der Waals surface area contributed by atoms with Crippen molar-refractivity contribution < 1.29 is 4.79 Å². The summed E-state index contributed by atoms with van der Waals surface area (Å²) in [5.41, 5.74) is 2.98. The molecule has 0 atom stereocenters. The van der Waals surface area contributed by atoms with Gasteiger partial charge in [0.25, 0.3) is 0 Å². The summed E-state index contributed by atoms with van der Waals surface area (Å²) in [6.07, 6.45) is 2.49. The van der Waals surface area contributed by atoms with Crippen molar-refractivity contribution in [1.82, 2.24) is 9.80 Å². The molecule has 0 radical (unpaired) electrons. The molecule has 0 N–H and O–H groups in total. The maximum absolute atomic E-state index is 12.8. The third kappa shape index (κ3) is 4.99. The largest absolute Gasteiger partial charge is 0.300 e. The van der Waals surface area contributed by atoms with Crippen molar-refractivity contribution in [3.05, 3.63) is 51.9 Å². The van der Waals surface area contributed by atoms with Crippen LogP contribution >= 0.6 is 23.1 Å². The van der Waals surface area contributed by atoms with E-state index in [0.717, 1.165) is 54.6 Å². The summed E-state index contributed by atoms with van der Waals surface area (Å²) in [7, 11) is 0. The number of carbonyl (C=O) groups is 1. The summed E-state index contributed by atoms with van der Waals surface area (Å²) in [5, 5.41) is 9.22. The Morgan fingerprint density at radius 2 is 1.85 bits per heavy atom. The van der Waals surface area contributed by atoms with Crippen LogP contribution in [-0.4, -0.2) is 54.6 Å². The number of thioether (sulfide) groups is 1. The minimum Gasteiger partial charge on any atom is -0.300 e. The minimum atomic E-state index is 0.168. The van der Waals surface area contributed by atoms with E-state index in [9.17, 15) is 10.1 Å². The molecule has 1 saturated heterocycles. The molecule has 0 amide bonds. The Bertz CT molecular complexity index is 818. The topological polar surface area (TPSA) is 47.3 Å². The van der Waals surface area contributed by atoms with Gasteiger partial charge in [-0.1, -0.05) is 30.3 Å². The fourth-order valence-electron chi connectivity index (χ4n) is 3.46. The first-order valence-electron chi connectivity index (χ1n) is 9.21. The summed E-state index contributed by atoms with van der Waals surface area (Å²) in [6.45, 7) is 7.76. The molecule has 1 aromatic carbocycles. The van der Waals surface area contributed by atoms with E-state index >= 15 is 0 Å². The molecule has 6 heteroatoms. The molecule has 142 valence electrons. The first-order valence-corrected chi connectivity index (χ1v) is 11.3. The van der Waals surface area contributed by atoms with Gasteiger partial charge in [0, 0.05) is 51.3 Å². The molecule has 3 rings (SSSR count). The lowest BCUT2D eigenvalue weighted by molar-refractivity contribution is 0.0920. The first kappa shape index (κ1) is 20.1. The second-order valence-electron chi connectivity index (χ2n) is 6.81. The van der Waals surface area contributed by atoms with E-state index in [-0.39, 0.29) is 5.78 Å². The molecule has 2 aromatic rings. The van der Waals surface area contributed by atoms with E-state index in [2.05, 4.69) is 46.2 Å². The summed E-state index contributed by atoms with van der Waals surface area (Å²) in [5.74, 6) is 0.168. The molecule has 4 nitrogen and oxygen atoms in total. The number of hydrogen-bond acceptors (Lipinski definition) is 6. The molecule has 0 bridgehead atoms. The second kappa shape index (κ2) is 9.52. The summed E-state index contributed by atoms with van der Waals surface area (Å²) in [6, 6.07) is 12.8. The van der Waals surface area contributed by atoms with Crippen LogP contribution in [0.4, 0.5) is 0 Å². The molecule has 0 saturated carbocycles. The van der Waals surface area contributed by atoms with Gasteiger partial charge in [0.05, 0.1) is 4.21 Å². The fraction of sp³-hybridized carbons (Fsp3) is 0.429. The van der Waals surface area contributed by atoms with Gasteiger partial charge in [-0.25, -0.2) is 0 Å². The van der Waals surface area contributed by atoms with Crippen molar-refractivity contribution in [2.75, 3.05) is 39.0 Å². The highest BCUT2D eigenvalue weighted by Crippen LogP contribution is 2.35. The van der Waals surface area contributed by atoms with Crippen LogP contribution in [0.15, 0.2) is 34.5 Å². The molecule has 1 fully saturated rings. The van der Waals surface area contributed by atoms with E-state index in [1.54, 1.807) is 11.8 Å². The molecule has 0 spiro atoms. The molecular formula is C21H25N3OS2. The molecule has 1 aliphatic heterocycles. The highest BCUT2D eigenvalue weighted by molar-refractivity contribution is 8.00. The van der Waals surface area contributed by atoms with Crippen LogP contribution in [-0.2, 0) is 6.54 Å². The standard InChI is InChI=1S/C21H25N3OS2/c1-16-19(14-22)27-21(26-2)20(16)18(25)8-9-23-10-12-24(13-11-23)15-17-6-4-3-5-7-17/h3-7H,8-13,15H2,1-2H3. The Morgan fingerprint density at radius 3 is 2.48 bits per heavy atom. The number of hydrogen-bond donors (Lipinski definition) is 0. The van der Waals surface area contributed by atoms with E-state index in [4.69, 9.17) is 0 Å². The molecule has 1 aliphatic rings. The van der Waals surface area contributed by atoms with Crippen molar-refractivity contribution in [2.24, 2.45) is 0 Å². The number of piperazine rings is 1. The molecule has 2 heterocycles. The number of carbonyl (C=O) groups excluding carboxylic acids is 1. The molecule has 1 aromatic heterocycles. The monoisotopic (exact) mass is 399 g/mol. The normalized spacial score (nSPS) is 15.6.